The van der Waals surface area contributed by atoms with Gasteiger partial charge >= 0.3 is 0 Å². The molecule has 5 heteroatoms. The van der Waals surface area contributed by atoms with Crippen LogP contribution in [0.1, 0.15) is 15.9 Å². The molecule has 2 atom stereocenters. The van der Waals surface area contributed by atoms with Crippen molar-refractivity contribution in [3.8, 4) is 11.1 Å². The number of benzene rings is 2. The molecule has 0 radical (unpaired) electrons. The van der Waals surface area contributed by atoms with E-state index >= 15 is 0 Å². The lowest BCUT2D eigenvalue weighted by molar-refractivity contribution is 0.0927. The molecule has 1 saturated heterocycles. The predicted molar refractivity (Wildman–Crippen MR) is 121 cm³/mol. The van der Waals surface area contributed by atoms with Crippen molar-refractivity contribution < 1.29 is 9.53 Å². The monoisotopic (exact) mass is 409 g/mol. The molecule has 0 saturated carbocycles. The summed E-state index contributed by atoms with van der Waals surface area (Å²) in [6, 6.07) is 20.0. The van der Waals surface area contributed by atoms with Gasteiger partial charge in [0, 0.05) is 36.3 Å². The fraction of sp³-hybridized carbons (Fsp3) is 0.192. The first-order valence-corrected chi connectivity index (χ1v) is 10.5. The van der Waals surface area contributed by atoms with Crippen LogP contribution in [0.3, 0.4) is 0 Å². The van der Waals surface area contributed by atoms with Gasteiger partial charge in [-0.2, -0.15) is 0 Å². The van der Waals surface area contributed by atoms with Crippen molar-refractivity contribution in [1.29, 1.82) is 0 Å². The van der Waals surface area contributed by atoms with E-state index in [-0.39, 0.29) is 17.9 Å². The largest absolute Gasteiger partial charge is 0.379 e. The van der Waals surface area contributed by atoms with E-state index in [1.165, 1.54) is 5.56 Å². The molecule has 0 aliphatic carbocycles. The second kappa shape index (κ2) is 8.66. The van der Waals surface area contributed by atoms with Gasteiger partial charge in [0.1, 0.15) is 0 Å². The first kappa shape index (κ1) is 19.4. The van der Waals surface area contributed by atoms with Crippen LogP contribution < -0.4 is 5.32 Å². The third-order valence-electron chi connectivity index (χ3n) is 5.92. The van der Waals surface area contributed by atoms with Crippen LogP contribution in [-0.4, -0.2) is 35.1 Å². The molecule has 0 bridgehead atoms. The fourth-order valence-corrected chi connectivity index (χ4v) is 4.31. The van der Waals surface area contributed by atoms with Crippen molar-refractivity contribution in [2.45, 2.75) is 12.5 Å². The molecule has 3 heterocycles. The highest BCUT2D eigenvalue weighted by atomic mass is 16.5. The van der Waals surface area contributed by atoms with E-state index in [9.17, 15) is 4.79 Å². The van der Waals surface area contributed by atoms with Gasteiger partial charge in [-0.1, -0.05) is 30.3 Å². The second-order valence-corrected chi connectivity index (χ2v) is 7.88. The molecule has 4 aromatic rings. The normalized spacial score (nSPS) is 18.2. The van der Waals surface area contributed by atoms with Gasteiger partial charge in [-0.3, -0.25) is 14.8 Å². The van der Waals surface area contributed by atoms with E-state index in [1.54, 1.807) is 24.8 Å². The number of pyridine rings is 2. The minimum Gasteiger partial charge on any atom is -0.379 e. The zero-order valence-electron chi connectivity index (χ0n) is 17.1. The molecular formula is C26H23N3O2. The van der Waals surface area contributed by atoms with Gasteiger partial charge in [-0.25, -0.2) is 0 Å². The molecule has 0 unspecified atom stereocenters. The van der Waals surface area contributed by atoms with Gasteiger partial charge in [0.25, 0.3) is 5.91 Å². The van der Waals surface area contributed by atoms with Gasteiger partial charge in [-0.05, 0) is 64.2 Å². The molecule has 1 fully saturated rings. The summed E-state index contributed by atoms with van der Waals surface area (Å²) in [5.41, 5.74) is 4.06. The van der Waals surface area contributed by atoms with Crippen molar-refractivity contribution >= 4 is 16.7 Å². The maximum Gasteiger partial charge on any atom is 0.252 e. The Morgan fingerprint density at radius 3 is 2.35 bits per heavy atom. The molecule has 5 rings (SSSR count). The molecule has 2 aromatic heterocycles. The zero-order valence-corrected chi connectivity index (χ0v) is 17.1. The molecule has 1 aliphatic heterocycles. The van der Waals surface area contributed by atoms with Gasteiger partial charge < -0.3 is 10.1 Å². The smallest absolute Gasteiger partial charge is 0.252 e. The van der Waals surface area contributed by atoms with Gasteiger partial charge in [-0.15, -0.1) is 0 Å². The number of hydrogen-bond donors (Lipinski definition) is 1. The summed E-state index contributed by atoms with van der Waals surface area (Å²) in [6.07, 6.45) is 8.03. The minimum absolute atomic E-state index is 0.0145. The Morgan fingerprint density at radius 1 is 0.871 bits per heavy atom. The summed E-state index contributed by atoms with van der Waals surface area (Å²) in [6.45, 7) is 1.18. The molecule has 2 aromatic carbocycles. The Kier molecular flexibility index (Phi) is 5.42. The van der Waals surface area contributed by atoms with Crippen LogP contribution >= 0.6 is 0 Å². The van der Waals surface area contributed by atoms with Crippen molar-refractivity contribution in [1.82, 2.24) is 15.3 Å². The van der Waals surface area contributed by atoms with Gasteiger partial charge in [0.15, 0.2) is 0 Å². The minimum atomic E-state index is -0.0623. The Morgan fingerprint density at radius 2 is 1.58 bits per heavy atom. The molecule has 154 valence electrons. The summed E-state index contributed by atoms with van der Waals surface area (Å²) < 4.78 is 5.71. The van der Waals surface area contributed by atoms with Crippen LogP contribution in [0.15, 0.2) is 85.5 Å². The Bertz CT molecular complexity index is 1200. The number of nitrogens with one attached hydrogen (secondary N) is 1. The standard InChI is InChI=1S/C26H23N3O2/c30-26(29-25-17-31-16-20(25)15-18-7-11-27-12-8-18)24-6-5-21(19-9-13-28-14-10-19)22-3-1-2-4-23(22)24/h1-14,20,25H,15-17H2,(H,29,30)/t20-,25-/m1/s1. The van der Waals surface area contributed by atoms with E-state index in [2.05, 4.69) is 21.4 Å². The van der Waals surface area contributed by atoms with Crippen LogP contribution in [0, 0.1) is 5.92 Å². The molecule has 1 aliphatic rings. The highest BCUT2D eigenvalue weighted by Crippen LogP contribution is 2.31. The first-order chi connectivity index (χ1) is 15.3. The van der Waals surface area contributed by atoms with Crippen LogP contribution in [-0.2, 0) is 11.2 Å². The van der Waals surface area contributed by atoms with E-state index in [0.29, 0.717) is 18.8 Å². The maximum absolute atomic E-state index is 13.3. The lowest BCUT2D eigenvalue weighted by Crippen LogP contribution is -2.40. The Balaban J connectivity index is 1.41. The number of carbonyl (C=O) groups is 1. The van der Waals surface area contributed by atoms with Crippen LogP contribution in [0.5, 0.6) is 0 Å². The summed E-state index contributed by atoms with van der Waals surface area (Å²) in [7, 11) is 0. The summed E-state index contributed by atoms with van der Waals surface area (Å²) in [5.74, 6) is 0.182. The van der Waals surface area contributed by atoms with Crippen LogP contribution in [0.25, 0.3) is 21.9 Å². The number of ether oxygens (including phenoxy) is 1. The number of amides is 1. The maximum atomic E-state index is 13.3. The highest BCUT2D eigenvalue weighted by Gasteiger charge is 2.30. The lowest BCUT2D eigenvalue weighted by atomic mass is 9.93. The summed E-state index contributed by atoms with van der Waals surface area (Å²) in [5, 5.41) is 5.22. The average Bonchev–Trinajstić information content (AvgIpc) is 3.25. The molecule has 1 N–H and O–H groups in total. The fourth-order valence-electron chi connectivity index (χ4n) is 4.31. The molecular weight excluding hydrogens is 386 g/mol. The SMILES string of the molecule is O=C(N[C@@H]1COC[C@H]1Cc1ccncc1)c1ccc(-c2ccncc2)c2ccccc12. The molecule has 31 heavy (non-hydrogen) atoms. The number of fused-ring (bicyclic) bond motifs is 1. The van der Waals surface area contributed by atoms with E-state index in [1.807, 2.05) is 54.6 Å². The van der Waals surface area contributed by atoms with Gasteiger partial charge in [0.05, 0.1) is 19.3 Å². The molecule has 1 amide bonds. The van der Waals surface area contributed by atoms with Crippen LogP contribution in [0.4, 0.5) is 0 Å². The third-order valence-corrected chi connectivity index (χ3v) is 5.92. The summed E-state index contributed by atoms with van der Waals surface area (Å²) >= 11 is 0. The van der Waals surface area contributed by atoms with E-state index < -0.39 is 0 Å². The number of nitrogens with zero attached hydrogens (tertiary/aromatic N) is 2. The summed E-state index contributed by atoms with van der Waals surface area (Å²) in [4.78, 5) is 21.5. The van der Waals surface area contributed by atoms with Crippen molar-refractivity contribution in [3.63, 3.8) is 0 Å². The van der Waals surface area contributed by atoms with Gasteiger partial charge in [0.2, 0.25) is 0 Å². The quantitative estimate of drug-likeness (QED) is 0.534. The zero-order chi connectivity index (χ0) is 21.0. The molecule has 0 spiro atoms. The predicted octanol–water partition coefficient (Wildman–Crippen LogP) is 4.28. The topological polar surface area (TPSA) is 64.1 Å². The average molecular weight is 409 g/mol. The first-order valence-electron chi connectivity index (χ1n) is 10.5. The Labute approximate surface area is 181 Å². The van der Waals surface area contributed by atoms with Crippen molar-refractivity contribution in [2.24, 2.45) is 5.92 Å². The highest BCUT2D eigenvalue weighted by molar-refractivity contribution is 6.11. The van der Waals surface area contributed by atoms with E-state index in [0.717, 1.165) is 28.3 Å². The number of carbonyl (C=O) groups excluding carboxylic acids is 1. The number of hydrogen-bond acceptors (Lipinski definition) is 4. The lowest BCUT2D eigenvalue weighted by Gasteiger charge is -2.20. The third kappa shape index (κ3) is 4.05. The molecule has 5 nitrogen and oxygen atoms in total. The van der Waals surface area contributed by atoms with Crippen molar-refractivity contribution in [2.75, 3.05) is 13.2 Å². The number of rotatable bonds is 5. The Hall–Kier alpha value is -3.57. The number of aromatic nitrogens is 2. The van der Waals surface area contributed by atoms with Crippen molar-refractivity contribution in [3.05, 3.63) is 96.6 Å². The second-order valence-electron chi connectivity index (χ2n) is 7.88. The van der Waals surface area contributed by atoms with Crippen LogP contribution in [0.2, 0.25) is 0 Å². The van der Waals surface area contributed by atoms with E-state index in [4.69, 9.17) is 4.74 Å².